The Morgan fingerprint density at radius 2 is 0.846 bits per heavy atom. The molecule has 0 amide bonds. The van der Waals surface area contributed by atoms with E-state index in [2.05, 4.69) is 164 Å². The predicted molar refractivity (Wildman–Crippen MR) is 270 cm³/mol. The number of nitrogens with zero attached hydrogens (tertiary/aromatic N) is 1. The summed E-state index contributed by atoms with van der Waals surface area (Å²) in [6.07, 6.45) is 2.88. The first-order chi connectivity index (χ1) is 32.1. The minimum absolute atomic E-state index is 0.293. The topological polar surface area (TPSA) is 51.8 Å². The van der Waals surface area contributed by atoms with Gasteiger partial charge in [-0.1, -0.05) is 140 Å². The van der Waals surface area contributed by atoms with Crippen LogP contribution in [-0.2, 0) is 0 Å². The molecule has 1 aliphatic heterocycles. The van der Waals surface area contributed by atoms with Gasteiger partial charge in [0.25, 0.3) is 0 Å². The van der Waals surface area contributed by atoms with Crippen LogP contribution in [-0.4, -0.2) is 5.71 Å². The van der Waals surface area contributed by atoms with Gasteiger partial charge in [-0.25, -0.2) is 0 Å². The second-order valence-electron chi connectivity index (χ2n) is 17.4. The van der Waals surface area contributed by atoms with Crippen LogP contribution in [0.3, 0.4) is 0 Å². The van der Waals surface area contributed by atoms with Gasteiger partial charge in [0.05, 0.1) is 11.8 Å². The molecular weight excluding hydrogens is 795 g/mol. The molecule has 1 atom stereocenters. The summed E-state index contributed by atoms with van der Waals surface area (Å²) in [5, 5.41) is 14.0. The van der Waals surface area contributed by atoms with E-state index in [1.54, 1.807) is 0 Å². The van der Waals surface area contributed by atoms with Crippen molar-refractivity contribution in [2.24, 2.45) is 4.99 Å². The van der Waals surface area contributed by atoms with Gasteiger partial charge in [0.1, 0.15) is 33.5 Å². The van der Waals surface area contributed by atoms with Crippen LogP contribution in [0.1, 0.15) is 29.2 Å². The molecule has 1 aliphatic rings. The van der Waals surface area contributed by atoms with Crippen LogP contribution in [0.5, 0.6) is 0 Å². The summed E-state index contributed by atoms with van der Waals surface area (Å²) >= 11 is 0. The van der Waals surface area contributed by atoms with Crippen molar-refractivity contribution in [1.29, 1.82) is 0 Å². The van der Waals surface area contributed by atoms with Gasteiger partial charge in [0.15, 0.2) is 0 Å². The standard InChI is InChI=1S/C61H37NO3/c1-35-30-39(36-24-29-50-58(33-36)65-56-23-11-19-48(60(50)56)47-18-10-22-55-59(47)49-17-7-9-21-54(49)63-55)32-52(37-25-28-46-45-16-6-8-20-53(45)64-57(46)34-37)62-61(35)38-26-27-44-42-14-3-2-12-40(42)41-13-4-5-15-43(41)51(44)31-38/h2-29,31-34,61H,1,30H2. The number of fused-ring (bicyclic) bond motifs is 15. The minimum atomic E-state index is -0.293. The fourth-order valence-electron chi connectivity index (χ4n) is 10.7. The van der Waals surface area contributed by atoms with E-state index in [-0.39, 0.29) is 6.04 Å². The summed E-state index contributed by atoms with van der Waals surface area (Å²) in [5.41, 5.74) is 13.6. The molecule has 4 heteroatoms. The smallest absolute Gasteiger partial charge is 0.136 e. The van der Waals surface area contributed by atoms with E-state index < -0.39 is 0 Å². The molecule has 3 aromatic heterocycles. The minimum Gasteiger partial charge on any atom is -0.456 e. The Bertz CT molecular complexity index is 4210. The molecule has 1 unspecified atom stereocenters. The molecule has 14 rings (SSSR count). The van der Waals surface area contributed by atoms with Gasteiger partial charge in [-0.05, 0) is 133 Å². The highest BCUT2D eigenvalue weighted by Crippen LogP contribution is 2.45. The molecule has 13 aromatic rings. The highest BCUT2D eigenvalue weighted by Gasteiger charge is 2.25. The zero-order chi connectivity index (χ0) is 42.8. The van der Waals surface area contributed by atoms with E-state index in [1.165, 1.54) is 32.3 Å². The van der Waals surface area contributed by atoms with Crippen molar-refractivity contribution in [2.75, 3.05) is 0 Å². The highest BCUT2D eigenvalue weighted by atomic mass is 16.3. The fraction of sp³-hybridized carbons (Fsp3) is 0.0328. The highest BCUT2D eigenvalue weighted by molar-refractivity contribution is 6.26. The number of benzene rings is 10. The quantitative estimate of drug-likeness (QED) is 0.131. The Morgan fingerprint density at radius 1 is 0.385 bits per heavy atom. The number of rotatable bonds is 4. The van der Waals surface area contributed by atoms with E-state index in [4.69, 9.17) is 24.8 Å². The maximum absolute atomic E-state index is 6.75. The van der Waals surface area contributed by atoms with Crippen LogP contribution < -0.4 is 0 Å². The largest absolute Gasteiger partial charge is 0.456 e. The third-order valence-electron chi connectivity index (χ3n) is 13.7. The molecule has 0 saturated carbocycles. The maximum atomic E-state index is 6.75. The number of hydrogen-bond donors (Lipinski definition) is 0. The molecule has 4 heterocycles. The first kappa shape index (κ1) is 36.1. The average Bonchev–Trinajstić information content (AvgIpc) is 4.02. The van der Waals surface area contributed by atoms with Crippen molar-refractivity contribution >= 4 is 109 Å². The Morgan fingerprint density at radius 3 is 1.55 bits per heavy atom. The predicted octanol–water partition coefficient (Wildman–Crippen LogP) is 17.1. The lowest BCUT2D eigenvalue weighted by Gasteiger charge is -2.18. The number of para-hydroxylation sites is 2. The number of furan rings is 3. The molecule has 4 nitrogen and oxygen atoms in total. The first-order valence-corrected chi connectivity index (χ1v) is 22.2. The van der Waals surface area contributed by atoms with Crippen LogP contribution in [0.2, 0.25) is 0 Å². The average molecular weight is 832 g/mol. The van der Waals surface area contributed by atoms with Crippen molar-refractivity contribution in [3.63, 3.8) is 0 Å². The molecule has 65 heavy (non-hydrogen) atoms. The number of allylic oxidation sites excluding steroid dienone is 2. The molecule has 0 bridgehead atoms. The number of aliphatic imine (C=N–C) groups is 1. The van der Waals surface area contributed by atoms with Gasteiger partial charge in [0, 0.05) is 37.9 Å². The van der Waals surface area contributed by atoms with Crippen molar-refractivity contribution in [3.05, 3.63) is 223 Å². The van der Waals surface area contributed by atoms with Crippen LogP contribution in [0, 0.1) is 0 Å². The van der Waals surface area contributed by atoms with Crippen molar-refractivity contribution in [2.45, 2.75) is 12.5 Å². The van der Waals surface area contributed by atoms with Gasteiger partial charge in [-0.2, -0.15) is 0 Å². The van der Waals surface area contributed by atoms with E-state index >= 15 is 0 Å². The molecule has 0 fully saturated rings. The molecular formula is C61H37NO3. The molecule has 304 valence electrons. The third kappa shape index (κ3) is 5.47. The monoisotopic (exact) mass is 831 g/mol. The fourth-order valence-corrected chi connectivity index (χ4v) is 10.7. The third-order valence-corrected chi connectivity index (χ3v) is 13.7. The second kappa shape index (κ2) is 13.8. The zero-order valence-electron chi connectivity index (χ0n) is 35.1. The van der Waals surface area contributed by atoms with Crippen LogP contribution in [0.4, 0.5) is 0 Å². The lowest BCUT2D eigenvalue weighted by molar-refractivity contribution is 0.668. The second-order valence-corrected chi connectivity index (χ2v) is 17.4. The first-order valence-electron chi connectivity index (χ1n) is 22.2. The molecule has 0 radical (unpaired) electrons. The van der Waals surface area contributed by atoms with E-state index in [1.807, 2.05) is 30.3 Å². The van der Waals surface area contributed by atoms with Gasteiger partial charge >= 0.3 is 0 Å². The Hall–Kier alpha value is -8.47. The summed E-state index contributed by atoms with van der Waals surface area (Å²) in [6, 6.07) is 66.3. The van der Waals surface area contributed by atoms with E-state index in [0.717, 1.165) is 110 Å². The van der Waals surface area contributed by atoms with E-state index in [0.29, 0.717) is 6.42 Å². The number of hydrogen-bond acceptors (Lipinski definition) is 4. The van der Waals surface area contributed by atoms with Crippen LogP contribution in [0.15, 0.2) is 225 Å². The summed E-state index contributed by atoms with van der Waals surface area (Å²) < 4.78 is 19.5. The summed E-state index contributed by atoms with van der Waals surface area (Å²) in [4.78, 5) is 5.63. The van der Waals surface area contributed by atoms with Gasteiger partial charge < -0.3 is 13.3 Å². The SMILES string of the molecule is C=C1CC(c2ccc3c(c2)oc2cccc(-c4cccc5oc6ccccc6c45)c23)=CC(c2ccc3c(c2)oc2ccccc23)=NC1c1ccc2c3ccccc3c3ccccc3c2c1. The van der Waals surface area contributed by atoms with Crippen molar-refractivity contribution < 1.29 is 13.3 Å². The van der Waals surface area contributed by atoms with Crippen molar-refractivity contribution in [1.82, 2.24) is 0 Å². The molecule has 10 aromatic carbocycles. The lowest BCUT2D eigenvalue weighted by atomic mass is 9.89. The van der Waals surface area contributed by atoms with Gasteiger partial charge in [-0.15, -0.1) is 0 Å². The zero-order valence-corrected chi connectivity index (χ0v) is 35.1. The molecule has 0 spiro atoms. The lowest BCUT2D eigenvalue weighted by Crippen LogP contribution is -2.03. The Labute approximate surface area is 372 Å². The summed E-state index contributed by atoms with van der Waals surface area (Å²) in [7, 11) is 0. The van der Waals surface area contributed by atoms with Crippen LogP contribution in [0.25, 0.3) is 115 Å². The van der Waals surface area contributed by atoms with Gasteiger partial charge in [-0.3, -0.25) is 4.99 Å². The van der Waals surface area contributed by atoms with Crippen LogP contribution >= 0.6 is 0 Å². The summed E-state index contributed by atoms with van der Waals surface area (Å²) in [6.45, 7) is 4.79. The summed E-state index contributed by atoms with van der Waals surface area (Å²) in [5.74, 6) is 0. The maximum Gasteiger partial charge on any atom is 0.136 e. The van der Waals surface area contributed by atoms with Crippen molar-refractivity contribution in [3.8, 4) is 11.1 Å². The Kier molecular flexibility index (Phi) is 7.63. The van der Waals surface area contributed by atoms with E-state index in [9.17, 15) is 0 Å². The Balaban J connectivity index is 0.927. The molecule has 0 saturated heterocycles. The molecule has 0 N–H and O–H groups in total. The van der Waals surface area contributed by atoms with Gasteiger partial charge in [0.2, 0.25) is 0 Å². The molecule has 0 aliphatic carbocycles. The normalized spacial score (nSPS) is 14.8.